The lowest BCUT2D eigenvalue weighted by atomic mass is 10.3. The van der Waals surface area contributed by atoms with Crippen molar-refractivity contribution < 1.29 is 4.21 Å². The van der Waals surface area contributed by atoms with Gasteiger partial charge in [-0.2, -0.15) is 4.40 Å². The molecular formula is C9H14N2OS2. The summed E-state index contributed by atoms with van der Waals surface area (Å²) >= 11 is 1.55. The van der Waals surface area contributed by atoms with Crippen molar-refractivity contribution in [2.45, 2.75) is 32.4 Å². The summed E-state index contributed by atoms with van der Waals surface area (Å²) in [5.41, 5.74) is 0. The first-order chi connectivity index (χ1) is 6.39. The first kappa shape index (κ1) is 11.5. The van der Waals surface area contributed by atoms with E-state index in [2.05, 4.69) is 9.38 Å². The van der Waals surface area contributed by atoms with Crippen molar-refractivity contribution >= 4 is 28.5 Å². The first-order valence-electron chi connectivity index (χ1n) is 4.28. The minimum atomic E-state index is -1.19. The highest BCUT2D eigenvalue weighted by Gasteiger charge is 2.18. The van der Waals surface area contributed by atoms with Crippen LogP contribution in [-0.4, -0.2) is 20.2 Å². The van der Waals surface area contributed by atoms with Gasteiger partial charge >= 0.3 is 0 Å². The molecule has 1 aromatic heterocycles. The van der Waals surface area contributed by atoms with E-state index < -0.39 is 11.0 Å². The van der Waals surface area contributed by atoms with Gasteiger partial charge in [0.15, 0.2) is 0 Å². The minimum absolute atomic E-state index is 0.303. The quantitative estimate of drug-likeness (QED) is 0.732. The van der Waals surface area contributed by atoms with Crippen LogP contribution in [0.15, 0.2) is 10.6 Å². The Bertz CT molecular complexity index is 363. The largest absolute Gasteiger partial charge is 0.243 e. The van der Waals surface area contributed by atoms with Crippen LogP contribution >= 0.6 is 11.3 Å². The summed E-state index contributed by atoms with van der Waals surface area (Å²) in [7, 11) is -1.19. The average molecular weight is 230 g/mol. The highest BCUT2D eigenvalue weighted by atomic mass is 32.2. The second kappa shape index (κ2) is 4.31. The maximum atomic E-state index is 11.5. The molecule has 14 heavy (non-hydrogen) atoms. The van der Waals surface area contributed by atoms with E-state index in [1.54, 1.807) is 23.7 Å². The van der Waals surface area contributed by atoms with E-state index in [0.717, 1.165) is 9.88 Å². The lowest BCUT2D eigenvalue weighted by Gasteiger charge is -2.12. The van der Waals surface area contributed by atoms with Gasteiger partial charge in [-0.1, -0.05) is 0 Å². The third-order valence-electron chi connectivity index (χ3n) is 1.42. The van der Waals surface area contributed by atoms with Gasteiger partial charge in [-0.15, -0.1) is 11.3 Å². The Morgan fingerprint density at radius 3 is 2.64 bits per heavy atom. The topological polar surface area (TPSA) is 42.3 Å². The minimum Gasteiger partial charge on any atom is -0.243 e. The third-order valence-corrected chi connectivity index (χ3v) is 3.61. The molecule has 0 fully saturated rings. The molecule has 78 valence electrons. The predicted molar refractivity (Wildman–Crippen MR) is 62.3 cm³/mol. The van der Waals surface area contributed by atoms with Crippen LogP contribution in [0.4, 0.5) is 0 Å². The Morgan fingerprint density at radius 1 is 1.57 bits per heavy atom. The molecule has 1 heterocycles. The highest BCUT2D eigenvalue weighted by Crippen LogP contribution is 2.13. The van der Waals surface area contributed by atoms with Crippen LogP contribution < -0.4 is 0 Å². The van der Waals surface area contributed by atoms with Gasteiger partial charge in [0.25, 0.3) is 0 Å². The Kier molecular flexibility index (Phi) is 3.55. The van der Waals surface area contributed by atoms with Crippen molar-refractivity contribution in [1.82, 2.24) is 4.98 Å². The molecule has 0 N–H and O–H groups in total. The SMILES string of the molecule is Cc1cnc(C=NS(=O)C(C)(C)C)s1. The van der Waals surface area contributed by atoms with Crippen LogP contribution in [0.25, 0.3) is 0 Å². The van der Waals surface area contributed by atoms with Crippen molar-refractivity contribution in [1.29, 1.82) is 0 Å². The van der Waals surface area contributed by atoms with E-state index in [-0.39, 0.29) is 4.75 Å². The number of nitrogens with zero attached hydrogens (tertiary/aromatic N) is 2. The molecule has 5 heteroatoms. The molecule has 1 atom stereocenters. The molecular weight excluding hydrogens is 216 g/mol. The van der Waals surface area contributed by atoms with Crippen molar-refractivity contribution in [2.24, 2.45) is 4.40 Å². The van der Waals surface area contributed by atoms with Gasteiger partial charge in [-0.05, 0) is 27.7 Å². The molecule has 0 amide bonds. The van der Waals surface area contributed by atoms with Gasteiger partial charge in [0.05, 0.1) is 11.0 Å². The molecule has 0 aromatic carbocycles. The zero-order valence-electron chi connectivity index (χ0n) is 8.77. The summed E-state index contributed by atoms with van der Waals surface area (Å²) in [6.07, 6.45) is 3.37. The molecule has 1 unspecified atom stereocenters. The number of aryl methyl sites for hydroxylation is 1. The van der Waals surface area contributed by atoms with E-state index in [9.17, 15) is 4.21 Å². The van der Waals surface area contributed by atoms with E-state index in [0.29, 0.717) is 0 Å². The highest BCUT2D eigenvalue weighted by molar-refractivity contribution is 7.85. The summed E-state index contributed by atoms with van der Waals surface area (Å²) in [6, 6.07) is 0. The standard InChI is InChI=1S/C9H14N2OS2/c1-7-5-10-8(13-7)6-11-14(12)9(2,3)4/h5-6H,1-4H3. The molecule has 1 aromatic rings. The number of hydrogen-bond acceptors (Lipinski definition) is 3. The lowest BCUT2D eigenvalue weighted by Crippen LogP contribution is -2.19. The zero-order valence-corrected chi connectivity index (χ0v) is 10.4. The predicted octanol–water partition coefficient (Wildman–Crippen LogP) is 2.33. The van der Waals surface area contributed by atoms with Gasteiger partial charge in [-0.25, -0.2) is 9.19 Å². The average Bonchev–Trinajstić information content (AvgIpc) is 2.45. The van der Waals surface area contributed by atoms with Crippen molar-refractivity contribution in [3.8, 4) is 0 Å². The third kappa shape index (κ3) is 3.31. The molecule has 0 radical (unpaired) electrons. The number of rotatable bonds is 2. The van der Waals surface area contributed by atoms with Crippen molar-refractivity contribution in [3.05, 3.63) is 16.1 Å². The van der Waals surface area contributed by atoms with Gasteiger partial charge in [0.2, 0.25) is 0 Å². The molecule has 0 aliphatic rings. The van der Waals surface area contributed by atoms with E-state index in [4.69, 9.17) is 0 Å². The fourth-order valence-corrected chi connectivity index (χ4v) is 1.91. The summed E-state index contributed by atoms with van der Waals surface area (Å²) in [4.78, 5) is 5.24. The Labute approximate surface area is 90.9 Å². The normalized spacial score (nSPS) is 14.9. The molecule has 0 saturated carbocycles. The van der Waals surface area contributed by atoms with Crippen LogP contribution in [0.5, 0.6) is 0 Å². The Balaban J connectivity index is 2.70. The summed E-state index contributed by atoms with van der Waals surface area (Å²) in [6.45, 7) is 7.67. The summed E-state index contributed by atoms with van der Waals surface area (Å²) < 4.78 is 15.2. The number of hydrogen-bond donors (Lipinski definition) is 0. The van der Waals surface area contributed by atoms with Gasteiger partial charge in [0, 0.05) is 11.1 Å². The Morgan fingerprint density at radius 2 is 2.21 bits per heavy atom. The van der Waals surface area contributed by atoms with Crippen LogP contribution in [0.2, 0.25) is 0 Å². The second-order valence-corrected chi connectivity index (χ2v) is 7.11. The fraction of sp³-hybridized carbons (Fsp3) is 0.556. The molecule has 0 aliphatic heterocycles. The zero-order chi connectivity index (χ0) is 10.8. The van der Waals surface area contributed by atoms with Crippen LogP contribution in [0.1, 0.15) is 30.7 Å². The molecule has 1 rings (SSSR count). The number of thiazole rings is 1. The van der Waals surface area contributed by atoms with E-state index in [1.165, 1.54) is 0 Å². The van der Waals surface area contributed by atoms with Gasteiger partial charge < -0.3 is 0 Å². The maximum Gasteiger partial charge on any atom is 0.144 e. The van der Waals surface area contributed by atoms with Crippen LogP contribution in [0.3, 0.4) is 0 Å². The second-order valence-electron chi connectivity index (χ2n) is 3.91. The fourth-order valence-electron chi connectivity index (χ4n) is 0.683. The van der Waals surface area contributed by atoms with Gasteiger partial charge in [0.1, 0.15) is 16.0 Å². The molecule has 3 nitrogen and oxygen atoms in total. The van der Waals surface area contributed by atoms with Gasteiger partial charge in [-0.3, -0.25) is 0 Å². The van der Waals surface area contributed by atoms with Crippen molar-refractivity contribution in [2.75, 3.05) is 0 Å². The van der Waals surface area contributed by atoms with Crippen LogP contribution in [0, 0.1) is 6.92 Å². The smallest absolute Gasteiger partial charge is 0.144 e. The summed E-state index contributed by atoms with van der Waals surface area (Å²) in [5, 5.41) is 0.806. The molecule has 0 aliphatic carbocycles. The molecule has 0 spiro atoms. The summed E-state index contributed by atoms with van der Waals surface area (Å²) in [5.74, 6) is 0. The van der Waals surface area contributed by atoms with Crippen molar-refractivity contribution in [3.63, 3.8) is 0 Å². The van der Waals surface area contributed by atoms with E-state index in [1.807, 2.05) is 27.7 Å². The maximum absolute atomic E-state index is 11.5. The molecule has 0 bridgehead atoms. The lowest BCUT2D eigenvalue weighted by molar-refractivity contribution is 0.651. The number of aromatic nitrogens is 1. The Hall–Kier alpha value is -0.550. The first-order valence-corrected chi connectivity index (χ1v) is 6.20. The van der Waals surface area contributed by atoms with E-state index >= 15 is 0 Å². The molecule has 0 saturated heterocycles. The monoisotopic (exact) mass is 230 g/mol. The van der Waals surface area contributed by atoms with Crippen LogP contribution in [-0.2, 0) is 11.0 Å².